The molecule has 2 amide bonds. The van der Waals surface area contributed by atoms with Crippen LogP contribution in [0, 0.1) is 6.92 Å². The van der Waals surface area contributed by atoms with E-state index in [-0.39, 0.29) is 17.9 Å². The molecular weight excluding hydrogens is 328 g/mol. The second kappa shape index (κ2) is 8.15. The fourth-order valence-electron chi connectivity index (χ4n) is 3.29. The number of benzene rings is 2. The minimum Gasteiger partial charge on any atom is -0.381 e. The van der Waals surface area contributed by atoms with Crippen molar-refractivity contribution in [3.63, 3.8) is 0 Å². The Kier molecular flexibility index (Phi) is 5.68. The van der Waals surface area contributed by atoms with Crippen molar-refractivity contribution in [3.05, 3.63) is 59.7 Å². The molecule has 2 aromatic rings. The summed E-state index contributed by atoms with van der Waals surface area (Å²) in [4.78, 5) is 26.4. The number of rotatable bonds is 4. The predicted octanol–water partition coefficient (Wildman–Crippen LogP) is 3.78. The molecular formula is C21H24N2O3. The molecule has 0 spiro atoms. The lowest BCUT2D eigenvalue weighted by atomic mass is 10.0. The van der Waals surface area contributed by atoms with Crippen LogP contribution >= 0.6 is 0 Å². The monoisotopic (exact) mass is 352 g/mol. The first kappa shape index (κ1) is 18.1. The van der Waals surface area contributed by atoms with Crippen molar-refractivity contribution < 1.29 is 14.3 Å². The van der Waals surface area contributed by atoms with Crippen LogP contribution in [0.15, 0.2) is 48.5 Å². The van der Waals surface area contributed by atoms with Crippen LogP contribution in [0.2, 0.25) is 0 Å². The Labute approximate surface area is 154 Å². The molecule has 0 aliphatic carbocycles. The quantitative estimate of drug-likeness (QED) is 0.911. The van der Waals surface area contributed by atoms with Crippen molar-refractivity contribution in [1.82, 2.24) is 0 Å². The van der Waals surface area contributed by atoms with E-state index in [4.69, 9.17) is 4.74 Å². The Bertz CT molecular complexity index is 780. The van der Waals surface area contributed by atoms with Gasteiger partial charge in [-0.3, -0.25) is 9.59 Å². The van der Waals surface area contributed by atoms with Gasteiger partial charge in [-0.2, -0.15) is 0 Å². The Balaban J connectivity index is 1.94. The van der Waals surface area contributed by atoms with E-state index in [2.05, 4.69) is 5.32 Å². The van der Waals surface area contributed by atoms with E-state index in [1.807, 2.05) is 60.4 Å². The number of carbonyl (C=O) groups is 2. The van der Waals surface area contributed by atoms with E-state index >= 15 is 0 Å². The van der Waals surface area contributed by atoms with Crippen LogP contribution in [0.25, 0.3) is 0 Å². The minimum absolute atomic E-state index is 0.00211. The van der Waals surface area contributed by atoms with Gasteiger partial charge in [0, 0.05) is 43.1 Å². The molecule has 136 valence electrons. The number of hydrogen-bond acceptors (Lipinski definition) is 3. The predicted molar refractivity (Wildman–Crippen MR) is 103 cm³/mol. The lowest BCUT2D eigenvalue weighted by molar-refractivity contribution is -0.114. The first-order valence-electron chi connectivity index (χ1n) is 8.91. The molecule has 0 unspecified atom stereocenters. The Morgan fingerprint density at radius 3 is 2.31 bits per heavy atom. The summed E-state index contributed by atoms with van der Waals surface area (Å²) in [5.41, 5.74) is 3.23. The fourth-order valence-corrected chi connectivity index (χ4v) is 3.29. The van der Waals surface area contributed by atoms with E-state index < -0.39 is 0 Å². The van der Waals surface area contributed by atoms with Gasteiger partial charge in [0.2, 0.25) is 5.91 Å². The van der Waals surface area contributed by atoms with Crippen molar-refractivity contribution in [3.8, 4) is 0 Å². The first-order valence-corrected chi connectivity index (χ1v) is 8.91. The Hall–Kier alpha value is -2.66. The summed E-state index contributed by atoms with van der Waals surface area (Å²) in [5.74, 6) is -0.114. The second-order valence-corrected chi connectivity index (χ2v) is 6.56. The maximum atomic E-state index is 13.3. The number of nitrogens with zero attached hydrogens (tertiary/aromatic N) is 1. The highest BCUT2D eigenvalue weighted by molar-refractivity contribution is 6.07. The number of hydrogen-bond donors (Lipinski definition) is 1. The Morgan fingerprint density at radius 1 is 1.04 bits per heavy atom. The van der Waals surface area contributed by atoms with Gasteiger partial charge >= 0.3 is 0 Å². The minimum atomic E-state index is -0.116. The maximum Gasteiger partial charge on any atom is 0.258 e. The van der Waals surface area contributed by atoms with Gasteiger partial charge in [0.25, 0.3) is 5.91 Å². The maximum absolute atomic E-state index is 13.3. The number of aryl methyl sites for hydroxylation is 1. The van der Waals surface area contributed by atoms with Crippen LogP contribution in [-0.2, 0) is 9.53 Å². The number of anilines is 2. The van der Waals surface area contributed by atoms with Crippen molar-refractivity contribution in [1.29, 1.82) is 0 Å². The lowest BCUT2D eigenvalue weighted by Gasteiger charge is -2.35. The first-order chi connectivity index (χ1) is 12.6. The van der Waals surface area contributed by atoms with E-state index in [1.165, 1.54) is 6.92 Å². The molecule has 0 bridgehead atoms. The molecule has 0 saturated carbocycles. The van der Waals surface area contributed by atoms with Crippen LogP contribution in [0.4, 0.5) is 11.4 Å². The van der Waals surface area contributed by atoms with Crippen molar-refractivity contribution >= 4 is 23.2 Å². The van der Waals surface area contributed by atoms with Crippen molar-refractivity contribution in [2.45, 2.75) is 32.7 Å². The summed E-state index contributed by atoms with van der Waals surface area (Å²) in [6, 6.07) is 15.2. The van der Waals surface area contributed by atoms with Gasteiger partial charge in [-0.05, 0) is 55.7 Å². The molecule has 1 heterocycles. The second-order valence-electron chi connectivity index (χ2n) is 6.56. The number of amides is 2. The topological polar surface area (TPSA) is 58.6 Å². The van der Waals surface area contributed by atoms with Gasteiger partial charge in [-0.15, -0.1) is 0 Å². The van der Waals surface area contributed by atoms with E-state index in [0.717, 1.165) is 29.8 Å². The van der Waals surface area contributed by atoms with Gasteiger partial charge in [-0.1, -0.05) is 18.2 Å². The van der Waals surface area contributed by atoms with Gasteiger partial charge in [0.1, 0.15) is 0 Å². The summed E-state index contributed by atoms with van der Waals surface area (Å²) in [5, 5.41) is 2.76. The molecule has 1 saturated heterocycles. The van der Waals surface area contributed by atoms with Gasteiger partial charge < -0.3 is 15.0 Å². The molecule has 5 nitrogen and oxygen atoms in total. The van der Waals surface area contributed by atoms with E-state index in [0.29, 0.717) is 18.8 Å². The molecule has 1 aliphatic heterocycles. The molecule has 2 aromatic carbocycles. The van der Waals surface area contributed by atoms with Crippen LogP contribution < -0.4 is 10.2 Å². The van der Waals surface area contributed by atoms with Gasteiger partial charge in [0.15, 0.2) is 0 Å². The third-order valence-corrected chi connectivity index (χ3v) is 4.62. The van der Waals surface area contributed by atoms with Crippen LogP contribution in [0.5, 0.6) is 0 Å². The van der Waals surface area contributed by atoms with Crippen molar-refractivity contribution in [2.75, 3.05) is 23.4 Å². The molecule has 1 N–H and O–H groups in total. The zero-order chi connectivity index (χ0) is 18.5. The molecule has 0 aromatic heterocycles. The fraction of sp³-hybridized carbons (Fsp3) is 0.333. The number of ether oxygens (including phenoxy) is 1. The van der Waals surface area contributed by atoms with Gasteiger partial charge in [-0.25, -0.2) is 0 Å². The van der Waals surface area contributed by atoms with E-state index in [1.54, 1.807) is 0 Å². The zero-order valence-electron chi connectivity index (χ0n) is 15.2. The molecule has 1 aliphatic rings. The largest absolute Gasteiger partial charge is 0.381 e. The lowest BCUT2D eigenvalue weighted by Crippen LogP contribution is -2.44. The van der Waals surface area contributed by atoms with Crippen LogP contribution in [0.1, 0.15) is 35.7 Å². The highest BCUT2D eigenvalue weighted by atomic mass is 16.5. The van der Waals surface area contributed by atoms with Crippen molar-refractivity contribution in [2.24, 2.45) is 0 Å². The Morgan fingerprint density at radius 2 is 1.69 bits per heavy atom. The normalized spacial score (nSPS) is 14.7. The summed E-state index contributed by atoms with van der Waals surface area (Å²) in [7, 11) is 0. The average molecular weight is 352 g/mol. The molecule has 1 fully saturated rings. The molecule has 3 rings (SSSR count). The summed E-state index contributed by atoms with van der Waals surface area (Å²) in [6.45, 7) is 4.75. The van der Waals surface area contributed by atoms with Crippen LogP contribution in [0.3, 0.4) is 0 Å². The zero-order valence-corrected chi connectivity index (χ0v) is 15.2. The molecule has 5 heteroatoms. The van der Waals surface area contributed by atoms with Crippen LogP contribution in [-0.4, -0.2) is 31.1 Å². The molecule has 0 atom stereocenters. The summed E-state index contributed by atoms with van der Waals surface area (Å²) >= 11 is 0. The summed E-state index contributed by atoms with van der Waals surface area (Å²) in [6.07, 6.45) is 1.62. The SMILES string of the molecule is CC(=O)Nc1ccc(N(C(=O)c2ccccc2C)C2CCOCC2)cc1. The highest BCUT2D eigenvalue weighted by Gasteiger charge is 2.28. The average Bonchev–Trinajstić information content (AvgIpc) is 2.64. The molecule has 0 radical (unpaired) electrons. The third-order valence-electron chi connectivity index (χ3n) is 4.62. The smallest absolute Gasteiger partial charge is 0.258 e. The standard InChI is InChI=1S/C21H24N2O3/c1-15-5-3-4-6-20(15)21(25)23(19-11-13-26-14-12-19)18-9-7-17(8-10-18)22-16(2)24/h3-10,19H,11-14H2,1-2H3,(H,22,24). The third kappa shape index (κ3) is 4.11. The number of carbonyl (C=O) groups excluding carboxylic acids is 2. The number of nitrogens with one attached hydrogen (secondary N) is 1. The highest BCUT2D eigenvalue weighted by Crippen LogP contribution is 2.27. The summed E-state index contributed by atoms with van der Waals surface area (Å²) < 4.78 is 5.47. The molecule has 26 heavy (non-hydrogen) atoms. The van der Waals surface area contributed by atoms with Gasteiger partial charge in [0.05, 0.1) is 0 Å². The van der Waals surface area contributed by atoms with E-state index in [9.17, 15) is 9.59 Å².